The molecule has 0 N–H and O–H groups in total. The summed E-state index contributed by atoms with van der Waals surface area (Å²) in [5, 5.41) is 0. The van der Waals surface area contributed by atoms with Gasteiger partial charge in [0.2, 0.25) is 0 Å². The molecule has 0 aliphatic heterocycles. The van der Waals surface area contributed by atoms with Crippen molar-refractivity contribution in [2.24, 2.45) is 0 Å². The Hall–Kier alpha value is -0.443. The van der Waals surface area contributed by atoms with Gasteiger partial charge in [-0.1, -0.05) is 0 Å². The topological polar surface area (TPSA) is 0 Å². The molecule has 2 unspecified atom stereocenters. The van der Waals surface area contributed by atoms with Crippen LogP contribution in [0.2, 0.25) is 0 Å². The van der Waals surface area contributed by atoms with Crippen molar-refractivity contribution in [3.8, 4) is 0 Å². The van der Waals surface area contributed by atoms with Gasteiger partial charge in [-0.2, -0.15) is 0 Å². The Labute approximate surface area is 121 Å². The van der Waals surface area contributed by atoms with Crippen LogP contribution in [0.3, 0.4) is 0 Å². The van der Waals surface area contributed by atoms with Gasteiger partial charge in [-0.3, -0.25) is 0 Å². The van der Waals surface area contributed by atoms with Gasteiger partial charge in [0.1, 0.15) is 0 Å². The van der Waals surface area contributed by atoms with Crippen molar-refractivity contribution >= 4 is 42.4 Å². The van der Waals surface area contributed by atoms with Crippen LogP contribution in [0.15, 0.2) is 48.5 Å². The van der Waals surface area contributed by atoms with Crippen molar-refractivity contribution in [1.82, 2.24) is 0 Å². The van der Waals surface area contributed by atoms with Crippen molar-refractivity contribution in [3.63, 3.8) is 0 Å². The molecule has 2 aromatic carbocycles. The molecule has 0 heterocycles. The average Bonchev–Trinajstić information content (AvgIpc) is 2.35. The standard InChI is InChI=1S/C15H18As2/c1-2-15(11-3-7-13(16)8-4-11)12-5-9-14(17)10-6-12/h3-10,15H,2,16-17H2,1H3. The third-order valence-corrected chi connectivity index (χ3v) is 4.70. The number of hydrogen-bond donors (Lipinski definition) is 0. The Bertz CT molecular complexity index is 426. The number of rotatable bonds is 3. The number of benzene rings is 2. The Morgan fingerprint density at radius 3 is 1.41 bits per heavy atom. The van der Waals surface area contributed by atoms with Crippen molar-refractivity contribution < 1.29 is 0 Å². The second-order valence-electron chi connectivity index (χ2n) is 4.29. The molecular weight excluding hydrogens is 330 g/mol. The summed E-state index contributed by atoms with van der Waals surface area (Å²) in [6.45, 7) is 2.26. The Morgan fingerprint density at radius 1 is 0.765 bits per heavy atom. The molecule has 2 atom stereocenters. The molecule has 2 heteroatoms. The average molecular weight is 348 g/mol. The summed E-state index contributed by atoms with van der Waals surface area (Å²) in [6.07, 6.45) is 1.16. The summed E-state index contributed by atoms with van der Waals surface area (Å²) in [6, 6.07) is 18.0. The van der Waals surface area contributed by atoms with E-state index >= 15 is 0 Å². The van der Waals surface area contributed by atoms with Gasteiger partial charge in [0, 0.05) is 0 Å². The molecule has 0 saturated carbocycles. The minimum absolute atomic E-state index is 0.538. The van der Waals surface area contributed by atoms with E-state index in [0.717, 1.165) is 6.42 Å². The molecule has 0 amide bonds. The zero-order valence-electron chi connectivity index (χ0n) is 10.1. The van der Waals surface area contributed by atoms with Crippen LogP contribution in [-0.2, 0) is 0 Å². The van der Waals surface area contributed by atoms with Crippen LogP contribution >= 0.6 is 0 Å². The molecular formula is C15H18As2. The molecule has 0 aromatic heterocycles. The van der Waals surface area contributed by atoms with E-state index in [1.54, 1.807) is 33.7 Å². The minimum atomic E-state index is 0.538. The van der Waals surface area contributed by atoms with Crippen LogP contribution in [0.4, 0.5) is 0 Å². The monoisotopic (exact) mass is 348 g/mol. The van der Waals surface area contributed by atoms with Gasteiger partial charge in [-0.15, -0.1) is 0 Å². The summed E-state index contributed by atoms with van der Waals surface area (Å²) in [7, 11) is 0. The van der Waals surface area contributed by atoms with Gasteiger partial charge in [0.15, 0.2) is 0 Å². The first kappa shape index (κ1) is 13.0. The number of hydrogen-bond acceptors (Lipinski definition) is 0. The molecule has 0 aliphatic carbocycles. The predicted molar refractivity (Wildman–Crippen MR) is 81.4 cm³/mol. The molecule has 17 heavy (non-hydrogen) atoms. The fourth-order valence-corrected chi connectivity index (χ4v) is 2.93. The molecule has 2 rings (SSSR count). The van der Waals surface area contributed by atoms with Gasteiger partial charge in [0.05, 0.1) is 0 Å². The van der Waals surface area contributed by atoms with E-state index in [-0.39, 0.29) is 0 Å². The summed E-state index contributed by atoms with van der Waals surface area (Å²) in [5.41, 5.74) is 2.87. The third kappa shape index (κ3) is 3.27. The fourth-order valence-electron chi connectivity index (χ4n) is 2.12. The first-order chi connectivity index (χ1) is 8.20. The van der Waals surface area contributed by atoms with E-state index in [9.17, 15) is 0 Å². The van der Waals surface area contributed by atoms with E-state index in [0.29, 0.717) is 5.92 Å². The van der Waals surface area contributed by atoms with E-state index < -0.39 is 0 Å². The quantitative estimate of drug-likeness (QED) is 0.719. The molecule has 0 saturated heterocycles. The summed E-state index contributed by atoms with van der Waals surface area (Å²) in [5.74, 6) is 0.538. The van der Waals surface area contributed by atoms with Gasteiger partial charge in [-0.05, 0) is 0 Å². The maximum absolute atomic E-state index is 2.27. The van der Waals surface area contributed by atoms with Gasteiger partial charge < -0.3 is 0 Å². The van der Waals surface area contributed by atoms with Crippen molar-refractivity contribution in [2.45, 2.75) is 19.3 Å². The molecule has 0 radical (unpaired) electrons. The molecule has 0 nitrogen and oxygen atoms in total. The SMILES string of the molecule is CCC(c1ccc([AsH2])cc1)c1ccc([AsH2])cc1. The second-order valence-corrected chi connectivity index (χ2v) is 7.09. The van der Waals surface area contributed by atoms with Crippen LogP contribution in [0.1, 0.15) is 30.4 Å². The van der Waals surface area contributed by atoms with E-state index in [2.05, 4.69) is 55.5 Å². The van der Waals surface area contributed by atoms with E-state index in [1.165, 1.54) is 19.8 Å². The Kier molecular flexibility index (Phi) is 4.54. The van der Waals surface area contributed by atoms with Crippen molar-refractivity contribution in [3.05, 3.63) is 59.7 Å². The molecule has 2 aromatic rings. The predicted octanol–water partition coefficient (Wildman–Crippen LogP) is 0.745. The maximum atomic E-state index is 2.27. The molecule has 0 spiro atoms. The first-order valence-corrected chi connectivity index (χ1v) is 8.34. The van der Waals surface area contributed by atoms with Crippen LogP contribution in [-0.4, -0.2) is 33.7 Å². The van der Waals surface area contributed by atoms with Gasteiger partial charge in [-0.25, -0.2) is 0 Å². The summed E-state index contributed by atoms with van der Waals surface area (Å²) < 4.78 is 2.78. The summed E-state index contributed by atoms with van der Waals surface area (Å²) >= 11 is 3.38. The zero-order valence-corrected chi connectivity index (χ0v) is 14.9. The molecule has 88 valence electrons. The first-order valence-electron chi connectivity index (χ1n) is 5.91. The van der Waals surface area contributed by atoms with E-state index in [4.69, 9.17) is 0 Å². The van der Waals surface area contributed by atoms with E-state index in [1.807, 2.05) is 0 Å². The zero-order chi connectivity index (χ0) is 12.3. The fraction of sp³-hybridized carbons (Fsp3) is 0.200. The third-order valence-electron chi connectivity index (χ3n) is 3.09. The Morgan fingerprint density at radius 2 is 1.12 bits per heavy atom. The Balaban J connectivity index is 2.33. The van der Waals surface area contributed by atoms with Gasteiger partial charge in [0.25, 0.3) is 0 Å². The summed E-state index contributed by atoms with van der Waals surface area (Å²) in [4.78, 5) is 0. The van der Waals surface area contributed by atoms with Crippen LogP contribution in [0.5, 0.6) is 0 Å². The van der Waals surface area contributed by atoms with Crippen LogP contribution in [0, 0.1) is 0 Å². The van der Waals surface area contributed by atoms with Gasteiger partial charge >= 0.3 is 121 Å². The normalized spacial score (nSPS) is 10.8. The van der Waals surface area contributed by atoms with Crippen LogP contribution in [0.25, 0.3) is 0 Å². The molecule has 0 bridgehead atoms. The second kappa shape index (κ2) is 5.94. The molecule has 0 fully saturated rings. The van der Waals surface area contributed by atoms with Crippen molar-refractivity contribution in [1.29, 1.82) is 0 Å². The van der Waals surface area contributed by atoms with Crippen molar-refractivity contribution in [2.75, 3.05) is 0 Å². The van der Waals surface area contributed by atoms with Crippen LogP contribution < -0.4 is 8.70 Å². The molecule has 0 aliphatic rings.